The molecule has 0 spiro atoms. The molecule has 1 amide bonds. The molecule has 1 heterocycles. The average molecular weight is 445 g/mol. The normalized spacial score (nSPS) is 15.0. The first kappa shape index (κ1) is 21.0. The van der Waals surface area contributed by atoms with Crippen LogP contribution in [0.5, 0.6) is 0 Å². The summed E-state index contributed by atoms with van der Waals surface area (Å²) in [6, 6.07) is 26.6. The molecule has 3 aromatic rings. The minimum absolute atomic E-state index is 0.0300. The number of carboxylic acid groups (broad SMARTS) is 1. The van der Waals surface area contributed by atoms with E-state index >= 15 is 0 Å². The molecule has 0 atom stereocenters. The number of aliphatic carboxylic acids is 1. The minimum atomic E-state index is -1.20. The van der Waals surface area contributed by atoms with Gasteiger partial charge in [-0.25, -0.2) is 0 Å². The number of carboxylic acids is 1. The molecule has 0 aromatic heterocycles. The van der Waals surface area contributed by atoms with E-state index in [0.29, 0.717) is 9.23 Å². The van der Waals surface area contributed by atoms with Gasteiger partial charge in [-0.05, 0) is 33.9 Å². The molecule has 154 valence electrons. The van der Waals surface area contributed by atoms with Crippen molar-refractivity contribution in [1.29, 1.82) is 0 Å². The van der Waals surface area contributed by atoms with Crippen LogP contribution >= 0.6 is 24.0 Å². The fourth-order valence-electron chi connectivity index (χ4n) is 3.30. The van der Waals surface area contributed by atoms with E-state index in [9.17, 15) is 14.7 Å². The number of carbonyl (C=O) groups excluding carboxylic acids is 2. The van der Waals surface area contributed by atoms with Gasteiger partial charge in [-0.2, -0.15) is 0 Å². The predicted molar refractivity (Wildman–Crippen MR) is 127 cm³/mol. The zero-order valence-corrected chi connectivity index (χ0v) is 18.1. The summed E-state index contributed by atoms with van der Waals surface area (Å²) in [6.45, 7) is 0.0300. The Labute approximate surface area is 190 Å². The average Bonchev–Trinajstić information content (AvgIpc) is 3.06. The molecule has 4 rings (SSSR count). The van der Waals surface area contributed by atoms with Crippen molar-refractivity contribution >= 4 is 46.3 Å². The molecule has 1 fully saturated rings. The van der Waals surface area contributed by atoms with E-state index in [1.54, 1.807) is 6.08 Å². The van der Waals surface area contributed by atoms with Crippen LogP contribution in [0.2, 0.25) is 0 Å². The maximum Gasteiger partial charge on any atom is 0.266 e. The Morgan fingerprint density at radius 3 is 1.94 bits per heavy atom. The first-order valence-corrected chi connectivity index (χ1v) is 10.9. The fourth-order valence-corrected chi connectivity index (χ4v) is 4.61. The third-order valence-corrected chi connectivity index (χ3v) is 6.32. The van der Waals surface area contributed by atoms with Crippen LogP contribution in [-0.4, -0.2) is 27.6 Å². The molecule has 0 saturated carbocycles. The first-order valence-electron chi connectivity index (χ1n) is 9.72. The minimum Gasteiger partial charge on any atom is -0.550 e. The van der Waals surface area contributed by atoms with Crippen LogP contribution in [0.25, 0.3) is 28.3 Å². The third kappa shape index (κ3) is 4.93. The summed E-state index contributed by atoms with van der Waals surface area (Å²) in [5, 5.41) is 10.7. The van der Waals surface area contributed by atoms with Crippen LogP contribution in [0.1, 0.15) is 12.0 Å². The molecule has 0 aliphatic carbocycles. The van der Waals surface area contributed by atoms with Gasteiger partial charge in [0.2, 0.25) is 0 Å². The van der Waals surface area contributed by atoms with Gasteiger partial charge in [0, 0.05) is 18.9 Å². The topological polar surface area (TPSA) is 60.4 Å². The molecule has 6 heteroatoms. The van der Waals surface area contributed by atoms with Crippen LogP contribution < -0.4 is 5.11 Å². The van der Waals surface area contributed by atoms with Gasteiger partial charge in [-0.3, -0.25) is 9.69 Å². The zero-order chi connectivity index (χ0) is 21.8. The van der Waals surface area contributed by atoms with Gasteiger partial charge in [-0.1, -0.05) is 103 Å². The summed E-state index contributed by atoms with van der Waals surface area (Å²) in [7, 11) is 0. The largest absolute Gasteiger partial charge is 0.550 e. The number of thioether (sulfide) groups is 1. The number of thiocarbonyl (C=S) groups is 1. The highest BCUT2D eigenvalue weighted by Crippen LogP contribution is 2.33. The Morgan fingerprint density at radius 2 is 1.39 bits per heavy atom. The lowest BCUT2D eigenvalue weighted by Gasteiger charge is -2.14. The van der Waals surface area contributed by atoms with Crippen molar-refractivity contribution in [3.8, 4) is 22.3 Å². The van der Waals surface area contributed by atoms with Gasteiger partial charge in [-0.15, -0.1) is 0 Å². The lowest BCUT2D eigenvalue weighted by atomic mass is 9.99. The van der Waals surface area contributed by atoms with Crippen LogP contribution in [0.4, 0.5) is 0 Å². The van der Waals surface area contributed by atoms with E-state index < -0.39 is 5.97 Å². The van der Waals surface area contributed by atoms with Crippen LogP contribution in [0, 0.1) is 0 Å². The molecule has 0 unspecified atom stereocenters. The summed E-state index contributed by atoms with van der Waals surface area (Å²) >= 11 is 6.39. The van der Waals surface area contributed by atoms with Gasteiger partial charge in [0.05, 0.1) is 4.91 Å². The summed E-state index contributed by atoms with van der Waals surface area (Å²) in [4.78, 5) is 25.0. The predicted octanol–water partition coefficient (Wildman–Crippen LogP) is 4.36. The van der Waals surface area contributed by atoms with E-state index in [4.69, 9.17) is 12.2 Å². The number of nitrogens with zero attached hydrogens (tertiary/aromatic N) is 1. The number of hydrogen-bond acceptors (Lipinski definition) is 5. The number of carbonyl (C=O) groups is 2. The zero-order valence-electron chi connectivity index (χ0n) is 16.5. The SMILES string of the molecule is O=C([O-])CCN1C(=O)/C(=C/c2ccc(-c3ccc(-c4ccccc4)cc3)cc2)SC1=S. The molecular weight excluding hydrogens is 426 g/mol. The maximum absolute atomic E-state index is 12.5. The smallest absolute Gasteiger partial charge is 0.266 e. The van der Waals surface area contributed by atoms with Crippen molar-refractivity contribution in [2.45, 2.75) is 6.42 Å². The van der Waals surface area contributed by atoms with Gasteiger partial charge < -0.3 is 9.90 Å². The highest BCUT2D eigenvalue weighted by molar-refractivity contribution is 8.26. The van der Waals surface area contributed by atoms with E-state index in [2.05, 4.69) is 36.4 Å². The number of benzene rings is 3. The summed E-state index contributed by atoms with van der Waals surface area (Å²) in [6.07, 6.45) is 1.54. The Hall–Kier alpha value is -3.22. The van der Waals surface area contributed by atoms with Crippen molar-refractivity contribution in [3.63, 3.8) is 0 Å². The van der Waals surface area contributed by atoms with Crippen molar-refractivity contribution in [1.82, 2.24) is 4.90 Å². The quantitative estimate of drug-likeness (QED) is 0.418. The monoisotopic (exact) mass is 444 g/mol. The first-order chi connectivity index (χ1) is 15.0. The van der Waals surface area contributed by atoms with E-state index in [-0.39, 0.29) is 18.9 Å². The van der Waals surface area contributed by atoms with E-state index in [1.807, 2.05) is 42.5 Å². The van der Waals surface area contributed by atoms with Gasteiger partial charge >= 0.3 is 0 Å². The van der Waals surface area contributed by atoms with Crippen molar-refractivity contribution in [3.05, 3.63) is 89.3 Å². The van der Waals surface area contributed by atoms with Crippen molar-refractivity contribution < 1.29 is 14.7 Å². The van der Waals surface area contributed by atoms with Crippen LogP contribution in [0.15, 0.2) is 83.8 Å². The number of amides is 1. The Bertz CT molecular complexity index is 1150. The number of rotatable bonds is 6. The molecule has 4 nitrogen and oxygen atoms in total. The van der Waals surface area contributed by atoms with Crippen molar-refractivity contribution in [2.24, 2.45) is 0 Å². The maximum atomic E-state index is 12.5. The number of hydrogen-bond donors (Lipinski definition) is 0. The summed E-state index contributed by atoms with van der Waals surface area (Å²) in [5.41, 5.74) is 5.42. The molecule has 1 aliphatic rings. The molecule has 0 radical (unpaired) electrons. The standard InChI is InChI=1S/C25H19NO3S2/c27-23(28)14-15-26-24(29)22(31-25(26)30)16-17-6-8-19(9-7-17)21-12-10-20(11-13-21)18-4-2-1-3-5-18/h1-13,16H,14-15H2,(H,27,28)/p-1/b22-16-. The molecular formula is C25H18NO3S2-. The molecule has 0 bridgehead atoms. The summed E-state index contributed by atoms with van der Waals surface area (Å²) in [5.74, 6) is -1.47. The Balaban J connectivity index is 1.48. The van der Waals surface area contributed by atoms with Crippen LogP contribution in [0.3, 0.4) is 0 Å². The molecule has 0 N–H and O–H groups in total. The second kappa shape index (κ2) is 9.29. The highest BCUT2D eigenvalue weighted by Gasteiger charge is 2.31. The Kier molecular flexibility index (Phi) is 6.30. The molecule has 1 saturated heterocycles. The van der Waals surface area contributed by atoms with Gasteiger partial charge in [0.15, 0.2) is 0 Å². The molecule has 1 aliphatic heterocycles. The molecule has 31 heavy (non-hydrogen) atoms. The van der Waals surface area contributed by atoms with Gasteiger partial charge in [0.1, 0.15) is 4.32 Å². The second-order valence-electron chi connectivity index (χ2n) is 7.02. The Morgan fingerprint density at radius 1 is 0.871 bits per heavy atom. The fraction of sp³-hybridized carbons (Fsp3) is 0.0800. The van der Waals surface area contributed by atoms with E-state index in [1.165, 1.54) is 27.8 Å². The summed E-state index contributed by atoms with van der Waals surface area (Å²) < 4.78 is 0.368. The second-order valence-corrected chi connectivity index (χ2v) is 8.70. The van der Waals surface area contributed by atoms with Gasteiger partial charge in [0.25, 0.3) is 5.91 Å². The highest BCUT2D eigenvalue weighted by atomic mass is 32.2. The third-order valence-electron chi connectivity index (χ3n) is 4.95. The lowest BCUT2D eigenvalue weighted by molar-refractivity contribution is -0.305. The van der Waals surface area contributed by atoms with E-state index in [0.717, 1.165) is 16.7 Å². The van der Waals surface area contributed by atoms with Crippen LogP contribution in [-0.2, 0) is 9.59 Å². The lowest BCUT2D eigenvalue weighted by Crippen LogP contribution is -2.33. The molecule has 3 aromatic carbocycles. The van der Waals surface area contributed by atoms with Crippen molar-refractivity contribution in [2.75, 3.05) is 6.54 Å².